The molecule has 0 radical (unpaired) electrons. The minimum atomic E-state index is 0.468. The van der Waals surface area contributed by atoms with Gasteiger partial charge >= 0.3 is 0 Å². The van der Waals surface area contributed by atoms with E-state index in [1.54, 1.807) is 0 Å². The van der Waals surface area contributed by atoms with Crippen molar-refractivity contribution in [1.29, 1.82) is 0 Å². The van der Waals surface area contributed by atoms with Crippen LogP contribution in [0.4, 0.5) is 0 Å². The summed E-state index contributed by atoms with van der Waals surface area (Å²) in [5, 5.41) is 4.90. The molecular formula is C16H30N2S. The summed E-state index contributed by atoms with van der Waals surface area (Å²) >= 11 is 1.88. The Kier molecular flexibility index (Phi) is 8.31. The highest BCUT2D eigenvalue weighted by atomic mass is 32.1. The highest BCUT2D eigenvalue weighted by Crippen LogP contribution is 2.27. The smallest absolute Gasteiger partial charge is 0.110 e. The molecule has 1 aromatic heterocycles. The van der Waals surface area contributed by atoms with Crippen molar-refractivity contribution in [1.82, 2.24) is 10.3 Å². The monoisotopic (exact) mass is 282 g/mol. The van der Waals surface area contributed by atoms with Crippen LogP contribution in [0.3, 0.4) is 0 Å². The van der Waals surface area contributed by atoms with Crippen molar-refractivity contribution in [2.24, 2.45) is 0 Å². The average Bonchev–Trinajstić information content (AvgIpc) is 2.78. The van der Waals surface area contributed by atoms with Gasteiger partial charge in [0.05, 0.1) is 11.7 Å². The van der Waals surface area contributed by atoms with E-state index in [-0.39, 0.29) is 0 Å². The lowest BCUT2D eigenvalue weighted by molar-refractivity contribution is 0.476. The van der Waals surface area contributed by atoms with E-state index in [0.717, 1.165) is 13.0 Å². The minimum Gasteiger partial charge on any atom is -0.308 e. The average molecular weight is 282 g/mol. The van der Waals surface area contributed by atoms with E-state index in [9.17, 15) is 0 Å². The van der Waals surface area contributed by atoms with E-state index in [2.05, 4.69) is 33.0 Å². The molecule has 0 aliphatic rings. The zero-order valence-electron chi connectivity index (χ0n) is 13.1. The number of rotatable bonds is 10. The van der Waals surface area contributed by atoms with E-state index in [1.165, 1.54) is 54.1 Å². The van der Waals surface area contributed by atoms with Crippen molar-refractivity contribution in [2.75, 3.05) is 6.54 Å². The first-order chi connectivity index (χ1) is 9.22. The first kappa shape index (κ1) is 16.6. The number of nitrogens with zero attached hydrogens (tertiary/aromatic N) is 1. The fraction of sp³-hybridized carbons (Fsp3) is 0.812. The van der Waals surface area contributed by atoms with E-state index >= 15 is 0 Å². The Bertz CT molecular complexity index is 347. The molecule has 1 rings (SSSR count). The summed E-state index contributed by atoms with van der Waals surface area (Å²) in [5.74, 6) is 0. The molecule has 1 unspecified atom stereocenters. The standard InChI is InChI=1S/C16H30N2S/c1-5-8-9-10-11-12-15(17-7-3)16-18-14(6-2)13(4)19-16/h15,17H,5-12H2,1-4H3. The van der Waals surface area contributed by atoms with Crippen LogP contribution in [0.1, 0.15) is 80.9 Å². The number of aromatic nitrogens is 1. The minimum absolute atomic E-state index is 0.468. The molecule has 0 amide bonds. The number of aryl methyl sites for hydroxylation is 2. The Labute approximate surface area is 123 Å². The predicted molar refractivity (Wildman–Crippen MR) is 86.0 cm³/mol. The van der Waals surface area contributed by atoms with Crippen molar-refractivity contribution >= 4 is 11.3 Å². The summed E-state index contributed by atoms with van der Waals surface area (Å²) in [5.41, 5.74) is 1.29. The number of nitrogens with one attached hydrogen (secondary N) is 1. The number of unbranched alkanes of at least 4 members (excludes halogenated alkanes) is 4. The molecule has 0 aliphatic heterocycles. The van der Waals surface area contributed by atoms with Crippen molar-refractivity contribution in [3.05, 3.63) is 15.6 Å². The van der Waals surface area contributed by atoms with Crippen LogP contribution in [0.5, 0.6) is 0 Å². The molecular weight excluding hydrogens is 252 g/mol. The first-order valence-corrected chi connectivity index (χ1v) is 8.74. The third-order valence-corrected chi connectivity index (χ3v) is 4.72. The largest absolute Gasteiger partial charge is 0.308 e. The van der Waals surface area contributed by atoms with Gasteiger partial charge < -0.3 is 5.32 Å². The number of thiazole rings is 1. The second-order valence-corrected chi connectivity index (χ2v) is 6.46. The van der Waals surface area contributed by atoms with Crippen LogP contribution in [-0.2, 0) is 6.42 Å². The van der Waals surface area contributed by atoms with Crippen LogP contribution in [0.2, 0.25) is 0 Å². The molecule has 19 heavy (non-hydrogen) atoms. The molecule has 0 saturated carbocycles. The van der Waals surface area contributed by atoms with Gasteiger partial charge in [-0.3, -0.25) is 0 Å². The second-order valence-electron chi connectivity index (χ2n) is 5.22. The van der Waals surface area contributed by atoms with Gasteiger partial charge in [0, 0.05) is 4.88 Å². The van der Waals surface area contributed by atoms with Gasteiger partial charge in [-0.2, -0.15) is 0 Å². The van der Waals surface area contributed by atoms with Gasteiger partial charge in [0.25, 0.3) is 0 Å². The maximum atomic E-state index is 4.82. The summed E-state index contributed by atoms with van der Waals surface area (Å²) < 4.78 is 0. The number of hydrogen-bond donors (Lipinski definition) is 1. The molecule has 1 heterocycles. The summed E-state index contributed by atoms with van der Waals surface area (Å²) in [4.78, 5) is 6.21. The molecule has 110 valence electrons. The van der Waals surface area contributed by atoms with E-state index in [1.807, 2.05) is 11.3 Å². The van der Waals surface area contributed by atoms with Crippen molar-refractivity contribution in [3.63, 3.8) is 0 Å². The van der Waals surface area contributed by atoms with Crippen LogP contribution in [0.25, 0.3) is 0 Å². The van der Waals surface area contributed by atoms with Gasteiger partial charge in [-0.25, -0.2) is 4.98 Å². The van der Waals surface area contributed by atoms with Gasteiger partial charge in [0.15, 0.2) is 0 Å². The normalized spacial score (nSPS) is 12.8. The van der Waals surface area contributed by atoms with Gasteiger partial charge in [-0.05, 0) is 26.3 Å². The Morgan fingerprint density at radius 3 is 2.42 bits per heavy atom. The fourth-order valence-corrected chi connectivity index (χ4v) is 3.56. The molecule has 1 atom stereocenters. The topological polar surface area (TPSA) is 24.9 Å². The van der Waals surface area contributed by atoms with Gasteiger partial charge in [-0.1, -0.05) is 52.9 Å². The highest BCUT2D eigenvalue weighted by Gasteiger charge is 2.15. The SMILES string of the molecule is CCCCCCCC(NCC)c1nc(CC)c(C)s1. The molecule has 0 aromatic carbocycles. The van der Waals surface area contributed by atoms with Crippen LogP contribution in [-0.4, -0.2) is 11.5 Å². The molecule has 0 bridgehead atoms. The lowest BCUT2D eigenvalue weighted by Gasteiger charge is -2.15. The first-order valence-electron chi connectivity index (χ1n) is 7.92. The van der Waals surface area contributed by atoms with Gasteiger partial charge in [0.1, 0.15) is 5.01 Å². The van der Waals surface area contributed by atoms with Crippen molar-refractivity contribution in [2.45, 2.75) is 78.7 Å². The van der Waals surface area contributed by atoms with Crippen molar-refractivity contribution < 1.29 is 0 Å². The molecule has 0 saturated heterocycles. The molecule has 0 fully saturated rings. The molecule has 2 nitrogen and oxygen atoms in total. The zero-order valence-corrected chi connectivity index (χ0v) is 13.9. The van der Waals surface area contributed by atoms with Crippen LogP contribution >= 0.6 is 11.3 Å². The summed E-state index contributed by atoms with van der Waals surface area (Å²) in [6.45, 7) is 9.88. The number of hydrogen-bond acceptors (Lipinski definition) is 3. The highest BCUT2D eigenvalue weighted by molar-refractivity contribution is 7.11. The van der Waals surface area contributed by atoms with Gasteiger partial charge in [0.2, 0.25) is 0 Å². The summed E-state index contributed by atoms with van der Waals surface area (Å²) in [6.07, 6.45) is 9.04. The Balaban J connectivity index is 2.50. The maximum Gasteiger partial charge on any atom is 0.110 e. The predicted octanol–water partition coefficient (Wildman–Crippen LogP) is 5.03. The summed E-state index contributed by atoms with van der Waals surface area (Å²) in [6, 6.07) is 0.468. The van der Waals surface area contributed by atoms with Crippen LogP contribution < -0.4 is 5.32 Å². The molecule has 0 aliphatic carbocycles. The van der Waals surface area contributed by atoms with E-state index in [4.69, 9.17) is 4.98 Å². The van der Waals surface area contributed by atoms with Crippen LogP contribution in [0.15, 0.2) is 0 Å². The lowest BCUT2D eigenvalue weighted by atomic mass is 10.1. The fourth-order valence-electron chi connectivity index (χ4n) is 2.44. The lowest BCUT2D eigenvalue weighted by Crippen LogP contribution is -2.20. The van der Waals surface area contributed by atoms with Gasteiger partial charge in [-0.15, -0.1) is 11.3 Å². The third-order valence-electron chi connectivity index (χ3n) is 3.59. The molecule has 1 N–H and O–H groups in total. The quantitative estimate of drug-likeness (QED) is 0.609. The Hall–Kier alpha value is -0.410. The molecule has 0 spiro atoms. The second kappa shape index (κ2) is 9.49. The van der Waals surface area contributed by atoms with E-state index < -0.39 is 0 Å². The summed E-state index contributed by atoms with van der Waals surface area (Å²) in [7, 11) is 0. The Morgan fingerprint density at radius 1 is 1.11 bits per heavy atom. The molecule has 1 aromatic rings. The van der Waals surface area contributed by atoms with E-state index in [0.29, 0.717) is 6.04 Å². The Morgan fingerprint density at radius 2 is 1.84 bits per heavy atom. The molecule has 3 heteroatoms. The maximum absolute atomic E-state index is 4.82. The third kappa shape index (κ3) is 5.62. The zero-order chi connectivity index (χ0) is 14.1. The van der Waals surface area contributed by atoms with Crippen LogP contribution in [0, 0.1) is 6.92 Å². The van der Waals surface area contributed by atoms with Crippen molar-refractivity contribution in [3.8, 4) is 0 Å².